The third-order valence-corrected chi connectivity index (χ3v) is 7.08. The number of nitrogens with zero attached hydrogens (tertiary/aromatic N) is 5. The van der Waals surface area contributed by atoms with E-state index in [0.717, 1.165) is 48.2 Å². The van der Waals surface area contributed by atoms with Crippen LogP contribution in [0.4, 0.5) is 5.69 Å². The average Bonchev–Trinajstić information content (AvgIpc) is 3.32. The van der Waals surface area contributed by atoms with E-state index in [0.29, 0.717) is 17.7 Å². The molecule has 1 aliphatic heterocycles. The number of hydrogen-bond acceptors (Lipinski definition) is 6. The van der Waals surface area contributed by atoms with Crippen molar-refractivity contribution < 1.29 is 9.59 Å². The van der Waals surface area contributed by atoms with Crippen LogP contribution in [0.15, 0.2) is 53.7 Å². The maximum atomic E-state index is 12.4. The fourth-order valence-electron chi connectivity index (χ4n) is 4.08. The predicted octanol–water partition coefficient (Wildman–Crippen LogP) is 4.50. The minimum absolute atomic E-state index is 0.187. The smallest absolute Gasteiger partial charge is 0.261 e. The molecule has 1 aliphatic rings. The first-order chi connectivity index (χ1) is 16.0. The van der Waals surface area contributed by atoms with E-state index >= 15 is 0 Å². The summed E-state index contributed by atoms with van der Waals surface area (Å²) < 4.78 is 2.02. The lowest BCUT2D eigenvalue weighted by Gasteiger charge is -2.21. The number of carbonyl (C=O) groups excluding carboxylic acids is 2. The monoisotopic (exact) mass is 463 g/mol. The lowest BCUT2D eigenvalue weighted by atomic mass is 10.1. The minimum atomic E-state index is -0.187. The van der Waals surface area contributed by atoms with Gasteiger partial charge in [0.15, 0.2) is 11.0 Å². The van der Waals surface area contributed by atoms with Crippen molar-refractivity contribution in [1.29, 1.82) is 0 Å². The molecule has 172 valence electrons. The van der Waals surface area contributed by atoms with Gasteiger partial charge in [0, 0.05) is 43.7 Å². The van der Waals surface area contributed by atoms with Gasteiger partial charge in [0.2, 0.25) is 0 Å². The number of imide groups is 1. The van der Waals surface area contributed by atoms with Crippen LogP contribution in [0, 0.1) is 0 Å². The summed E-state index contributed by atoms with van der Waals surface area (Å²) >= 11 is 1.64. The molecule has 1 aromatic heterocycles. The molecule has 2 amide bonds. The maximum absolute atomic E-state index is 12.4. The summed E-state index contributed by atoms with van der Waals surface area (Å²) in [7, 11) is 1.98. The molecule has 0 unspecified atom stereocenters. The van der Waals surface area contributed by atoms with Crippen LogP contribution in [0.1, 0.15) is 47.4 Å². The van der Waals surface area contributed by atoms with Crippen LogP contribution in [0.5, 0.6) is 0 Å². The van der Waals surface area contributed by atoms with Gasteiger partial charge in [-0.2, -0.15) is 0 Å². The Morgan fingerprint density at radius 1 is 0.879 bits per heavy atom. The molecule has 0 saturated heterocycles. The molecule has 8 heteroatoms. The van der Waals surface area contributed by atoms with E-state index in [1.807, 2.05) is 11.6 Å². The van der Waals surface area contributed by atoms with Crippen LogP contribution < -0.4 is 4.90 Å². The quantitative estimate of drug-likeness (QED) is 0.251. The Bertz CT molecular complexity index is 1100. The fraction of sp³-hybridized carbons (Fsp3) is 0.360. The molecule has 7 nitrogen and oxygen atoms in total. The molecule has 2 aromatic carbocycles. The molecular formula is C25H29N5O2S. The van der Waals surface area contributed by atoms with Crippen molar-refractivity contribution in [3.05, 3.63) is 59.7 Å². The second kappa shape index (κ2) is 10.2. The van der Waals surface area contributed by atoms with Crippen molar-refractivity contribution in [1.82, 2.24) is 19.7 Å². The summed E-state index contributed by atoms with van der Waals surface area (Å²) in [5.41, 5.74) is 3.26. The lowest BCUT2D eigenvalue weighted by Crippen LogP contribution is -2.30. The Hall–Kier alpha value is -3.13. The summed E-state index contributed by atoms with van der Waals surface area (Å²) in [5.74, 6) is 1.31. The molecule has 0 spiro atoms. The highest BCUT2D eigenvalue weighted by atomic mass is 32.2. The van der Waals surface area contributed by atoms with E-state index in [4.69, 9.17) is 0 Å². The zero-order chi connectivity index (χ0) is 23.4. The van der Waals surface area contributed by atoms with Crippen LogP contribution in [0.25, 0.3) is 11.4 Å². The van der Waals surface area contributed by atoms with E-state index in [9.17, 15) is 9.59 Å². The summed E-state index contributed by atoms with van der Waals surface area (Å²) in [6.45, 7) is 6.71. The molecule has 0 saturated carbocycles. The van der Waals surface area contributed by atoms with E-state index in [1.54, 1.807) is 36.0 Å². The van der Waals surface area contributed by atoms with Crippen LogP contribution in [-0.4, -0.2) is 56.9 Å². The largest absolute Gasteiger partial charge is 0.372 e. The van der Waals surface area contributed by atoms with Crippen molar-refractivity contribution in [2.45, 2.75) is 31.8 Å². The fourth-order valence-corrected chi connectivity index (χ4v) is 4.99. The number of fused-ring (bicyclic) bond motifs is 1. The van der Waals surface area contributed by atoms with Crippen LogP contribution in [-0.2, 0) is 7.05 Å². The van der Waals surface area contributed by atoms with Gasteiger partial charge in [0.05, 0.1) is 11.1 Å². The zero-order valence-corrected chi connectivity index (χ0v) is 20.1. The van der Waals surface area contributed by atoms with Gasteiger partial charge in [-0.05, 0) is 63.1 Å². The van der Waals surface area contributed by atoms with E-state index in [2.05, 4.69) is 53.2 Å². The van der Waals surface area contributed by atoms with Gasteiger partial charge in [0.25, 0.3) is 11.8 Å². The summed E-state index contributed by atoms with van der Waals surface area (Å²) in [5, 5.41) is 9.60. The van der Waals surface area contributed by atoms with Gasteiger partial charge in [0.1, 0.15) is 0 Å². The topological polar surface area (TPSA) is 71.3 Å². The number of rotatable bonds is 10. The molecule has 2 heterocycles. The number of carbonyl (C=O) groups is 2. The third kappa shape index (κ3) is 4.66. The Balaban J connectivity index is 1.28. The first-order valence-electron chi connectivity index (χ1n) is 11.4. The first kappa shape index (κ1) is 23.0. The highest BCUT2D eigenvalue weighted by Gasteiger charge is 2.34. The Labute approximate surface area is 198 Å². The number of hydrogen-bond donors (Lipinski definition) is 0. The molecule has 0 N–H and O–H groups in total. The normalized spacial score (nSPS) is 13.0. The van der Waals surface area contributed by atoms with Crippen molar-refractivity contribution >= 4 is 29.3 Å². The van der Waals surface area contributed by atoms with Crippen LogP contribution in [0.3, 0.4) is 0 Å². The van der Waals surface area contributed by atoms with E-state index < -0.39 is 0 Å². The predicted molar refractivity (Wildman–Crippen MR) is 132 cm³/mol. The van der Waals surface area contributed by atoms with Gasteiger partial charge >= 0.3 is 0 Å². The highest BCUT2D eigenvalue weighted by Crippen LogP contribution is 2.26. The van der Waals surface area contributed by atoms with Crippen LogP contribution in [0.2, 0.25) is 0 Å². The van der Waals surface area contributed by atoms with Gasteiger partial charge in [-0.25, -0.2) is 0 Å². The van der Waals surface area contributed by atoms with E-state index in [-0.39, 0.29) is 11.8 Å². The Morgan fingerprint density at radius 2 is 1.52 bits per heavy atom. The molecule has 0 atom stereocenters. The second-order valence-corrected chi connectivity index (χ2v) is 9.01. The molecule has 0 fully saturated rings. The molecule has 3 aromatic rings. The highest BCUT2D eigenvalue weighted by molar-refractivity contribution is 7.99. The minimum Gasteiger partial charge on any atom is -0.372 e. The Morgan fingerprint density at radius 3 is 2.12 bits per heavy atom. The molecule has 0 radical (unpaired) electrons. The van der Waals surface area contributed by atoms with Crippen molar-refractivity contribution in [3.63, 3.8) is 0 Å². The summed E-state index contributed by atoms with van der Waals surface area (Å²) in [4.78, 5) is 28.6. The van der Waals surface area contributed by atoms with Gasteiger partial charge in [-0.1, -0.05) is 23.9 Å². The number of unbranched alkanes of at least 4 members (excludes halogenated alkanes) is 1. The first-order valence-corrected chi connectivity index (χ1v) is 12.4. The number of aromatic nitrogens is 3. The Kier molecular flexibility index (Phi) is 7.13. The van der Waals surface area contributed by atoms with Gasteiger partial charge in [-0.3, -0.25) is 14.5 Å². The molecular weight excluding hydrogens is 434 g/mol. The van der Waals surface area contributed by atoms with Crippen molar-refractivity contribution in [2.75, 3.05) is 30.3 Å². The summed E-state index contributed by atoms with van der Waals surface area (Å²) in [6, 6.07) is 15.5. The number of amides is 2. The second-order valence-electron chi connectivity index (χ2n) is 7.95. The number of thioether (sulfide) groups is 1. The number of benzene rings is 2. The standard InChI is InChI=1S/C25H29N5O2S/c1-4-29(5-2)19-14-12-18(13-15-19)22-26-27-25(28(22)3)33-17-9-8-16-30-23(31)20-10-6-7-11-21(20)24(30)32/h6-7,10-15H,4-5,8-9,16-17H2,1-3H3. The molecule has 0 bridgehead atoms. The van der Waals surface area contributed by atoms with Gasteiger partial charge < -0.3 is 9.47 Å². The maximum Gasteiger partial charge on any atom is 0.261 e. The van der Waals surface area contributed by atoms with Crippen molar-refractivity contribution in [3.8, 4) is 11.4 Å². The van der Waals surface area contributed by atoms with Crippen molar-refractivity contribution in [2.24, 2.45) is 7.05 Å². The van der Waals surface area contributed by atoms with E-state index in [1.165, 1.54) is 10.6 Å². The van der Waals surface area contributed by atoms with Crippen LogP contribution >= 0.6 is 11.8 Å². The molecule has 4 rings (SSSR count). The lowest BCUT2D eigenvalue weighted by molar-refractivity contribution is 0.0652. The number of anilines is 1. The SMILES string of the molecule is CCN(CC)c1ccc(-c2nnc(SCCCCN3C(=O)c4ccccc4C3=O)n2C)cc1. The van der Waals surface area contributed by atoms with Gasteiger partial charge in [-0.15, -0.1) is 10.2 Å². The zero-order valence-electron chi connectivity index (χ0n) is 19.3. The summed E-state index contributed by atoms with van der Waals surface area (Å²) in [6.07, 6.45) is 1.63. The molecule has 0 aliphatic carbocycles. The molecule has 33 heavy (non-hydrogen) atoms. The third-order valence-electron chi connectivity index (χ3n) is 5.97. The average molecular weight is 464 g/mol.